The van der Waals surface area contributed by atoms with Crippen molar-refractivity contribution >= 4 is 39.4 Å². The molecule has 0 bridgehead atoms. The summed E-state index contributed by atoms with van der Waals surface area (Å²) in [5.41, 5.74) is 2.83. The number of rotatable bonds is 5. The summed E-state index contributed by atoms with van der Waals surface area (Å²) in [5, 5.41) is 10.9. The van der Waals surface area contributed by atoms with Crippen molar-refractivity contribution in [2.45, 2.75) is 37.7 Å². The third kappa shape index (κ3) is 3.33. The molecule has 0 aliphatic rings. The van der Waals surface area contributed by atoms with Crippen molar-refractivity contribution < 1.29 is 4.42 Å². The van der Waals surface area contributed by atoms with E-state index in [1.54, 1.807) is 4.57 Å². The molecule has 0 spiro atoms. The van der Waals surface area contributed by atoms with Crippen molar-refractivity contribution in [3.63, 3.8) is 0 Å². The van der Waals surface area contributed by atoms with Gasteiger partial charge in [0.1, 0.15) is 5.58 Å². The van der Waals surface area contributed by atoms with Crippen molar-refractivity contribution in [2.75, 3.05) is 0 Å². The number of para-hydroxylation sites is 1. The fourth-order valence-corrected chi connectivity index (χ4v) is 4.78. The Bertz CT molecular complexity index is 1570. The Morgan fingerprint density at radius 3 is 2.71 bits per heavy atom. The summed E-state index contributed by atoms with van der Waals surface area (Å²) in [4.78, 5) is 25.0. The first-order chi connectivity index (χ1) is 15.1. The van der Waals surface area contributed by atoms with E-state index in [0.29, 0.717) is 34.2 Å². The van der Waals surface area contributed by atoms with E-state index in [1.165, 1.54) is 17.8 Å². The van der Waals surface area contributed by atoms with Crippen LogP contribution in [0.15, 0.2) is 67.7 Å². The summed E-state index contributed by atoms with van der Waals surface area (Å²) in [7, 11) is 0. The average molecular weight is 433 g/mol. The van der Waals surface area contributed by atoms with Crippen LogP contribution in [0.3, 0.4) is 0 Å². The Hall–Kier alpha value is -3.39. The highest BCUT2D eigenvalue weighted by Crippen LogP contribution is 2.28. The Morgan fingerprint density at radius 2 is 1.87 bits per heavy atom. The molecule has 0 fully saturated rings. The van der Waals surface area contributed by atoms with Crippen LogP contribution in [-0.4, -0.2) is 19.2 Å². The summed E-state index contributed by atoms with van der Waals surface area (Å²) in [5.74, 6) is 1.05. The molecule has 0 radical (unpaired) electrons. The molecule has 7 nitrogen and oxygen atoms in total. The molecule has 0 aliphatic heterocycles. The quantitative estimate of drug-likeness (QED) is 0.306. The lowest BCUT2D eigenvalue weighted by atomic mass is 10.1. The minimum atomic E-state index is -0.373. The van der Waals surface area contributed by atoms with Crippen molar-refractivity contribution in [2.24, 2.45) is 0 Å². The second-order valence-electron chi connectivity index (χ2n) is 7.47. The minimum absolute atomic E-state index is 0.0593. The van der Waals surface area contributed by atoms with Crippen LogP contribution < -0.4 is 11.2 Å². The molecule has 0 saturated heterocycles. The van der Waals surface area contributed by atoms with Crippen LogP contribution in [0, 0.1) is 6.92 Å². The highest BCUT2D eigenvalue weighted by atomic mass is 32.2. The van der Waals surface area contributed by atoms with E-state index in [0.717, 1.165) is 28.5 Å². The zero-order valence-electron chi connectivity index (χ0n) is 17.2. The maximum absolute atomic E-state index is 13.0. The van der Waals surface area contributed by atoms with Crippen molar-refractivity contribution in [1.82, 2.24) is 19.2 Å². The van der Waals surface area contributed by atoms with E-state index < -0.39 is 0 Å². The van der Waals surface area contributed by atoms with Gasteiger partial charge in [0.15, 0.2) is 5.16 Å². The highest BCUT2D eigenvalue weighted by molar-refractivity contribution is 7.98. The van der Waals surface area contributed by atoms with Gasteiger partial charge >= 0.3 is 5.63 Å². The van der Waals surface area contributed by atoms with E-state index in [1.807, 2.05) is 60.7 Å². The molecule has 8 heteroatoms. The lowest BCUT2D eigenvalue weighted by molar-refractivity contribution is 0.559. The Kier molecular flexibility index (Phi) is 4.86. The lowest BCUT2D eigenvalue weighted by Crippen LogP contribution is -2.23. The van der Waals surface area contributed by atoms with Gasteiger partial charge in [-0.1, -0.05) is 43.0 Å². The predicted octanol–water partition coefficient (Wildman–Crippen LogP) is 4.16. The largest absolute Gasteiger partial charge is 0.423 e. The number of benzene rings is 2. The Labute approximate surface area is 181 Å². The summed E-state index contributed by atoms with van der Waals surface area (Å²) in [6.07, 6.45) is 0.814. The molecule has 0 N–H and O–H groups in total. The fraction of sp³-hybridized carbons (Fsp3) is 0.217. The molecule has 0 saturated carbocycles. The summed E-state index contributed by atoms with van der Waals surface area (Å²) < 4.78 is 8.97. The summed E-state index contributed by atoms with van der Waals surface area (Å²) >= 11 is 1.48. The first-order valence-corrected chi connectivity index (χ1v) is 11.1. The van der Waals surface area contributed by atoms with Crippen molar-refractivity contribution in [3.8, 4) is 0 Å². The summed E-state index contributed by atoms with van der Waals surface area (Å²) in [6, 6.07) is 14.9. The lowest BCUT2D eigenvalue weighted by Gasteiger charge is -2.10. The molecule has 5 aromatic rings. The molecular weight excluding hydrogens is 412 g/mol. The van der Waals surface area contributed by atoms with Gasteiger partial charge in [0.2, 0.25) is 5.78 Å². The number of hydrogen-bond acceptors (Lipinski definition) is 6. The molecule has 3 aromatic heterocycles. The normalized spacial score (nSPS) is 11.7. The maximum Gasteiger partial charge on any atom is 0.336 e. The molecule has 0 atom stereocenters. The van der Waals surface area contributed by atoms with Gasteiger partial charge in [-0.05, 0) is 42.7 Å². The van der Waals surface area contributed by atoms with E-state index >= 15 is 0 Å². The van der Waals surface area contributed by atoms with Gasteiger partial charge < -0.3 is 4.42 Å². The Balaban J connectivity index is 1.64. The first kappa shape index (κ1) is 19.6. The zero-order chi connectivity index (χ0) is 21.5. The van der Waals surface area contributed by atoms with Gasteiger partial charge in [-0.3, -0.25) is 13.8 Å². The number of fused-ring (bicyclic) bond motifs is 4. The molecular formula is C23H20N4O3S. The molecule has 0 amide bonds. The third-order valence-corrected chi connectivity index (χ3v) is 6.25. The van der Waals surface area contributed by atoms with Gasteiger partial charge in [-0.25, -0.2) is 4.79 Å². The SMILES string of the molecule is CCCn1c(=O)c2ccccc2n2c(SCc3cc(=O)oc4cc(C)ccc34)nnc12. The molecule has 3 heterocycles. The molecule has 156 valence electrons. The standard InChI is InChI=1S/C23H20N4O3S/c1-3-10-26-21(29)17-6-4-5-7-18(17)27-22(26)24-25-23(27)31-13-15-12-20(28)30-19-11-14(2)8-9-16(15)19/h4-9,11-12H,3,10,13H2,1-2H3. The van der Waals surface area contributed by atoms with Crippen LogP contribution in [0.2, 0.25) is 0 Å². The van der Waals surface area contributed by atoms with Gasteiger partial charge in [-0.15, -0.1) is 10.2 Å². The third-order valence-electron chi connectivity index (χ3n) is 5.27. The van der Waals surface area contributed by atoms with Crippen molar-refractivity contribution in [3.05, 3.63) is 80.4 Å². The second-order valence-corrected chi connectivity index (χ2v) is 8.41. The van der Waals surface area contributed by atoms with Crippen LogP contribution in [-0.2, 0) is 12.3 Å². The van der Waals surface area contributed by atoms with Gasteiger partial charge in [-0.2, -0.15) is 0 Å². The van der Waals surface area contributed by atoms with E-state index in [4.69, 9.17) is 4.42 Å². The molecule has 5 rings (SSSR count). The van der Waals surface area contributed by atoms with Gasteiger partial charge in [0.05, 0.1) is 10.9 Å². The second kappa shape index (κ2) is 7.70. The van der Waals surface area contributed by atoms with E-state index in [9.17, 15) is 9.59 Å². The molecule has 2 aromatic carbocycles. The summed E-state index contributed by atoms with van der Waals surface area (Å²) in [6.45, 7) is 4.56. The predicted molar refractivity (Wildman–Crippen MR) is 122 cm³/mol. The first-order valence-electron chi connectivity index (χ1n) is 10.1. The van der Waals surface area contributed by atoms with Gasteiger partial charge in [0.25, 0.3) is 5.56 Å². The van der Waals surface area contributed by atoms with Crippen LogP contribution in [0.4, 0.5) is 0 Å². The van der Waals surface area contributed by atoms with Crippen LogP contribution in [0.5, 0.6) is 0 Å². The van der Waals surface area contributed by atoms with Gasteiger partial charge in [0, 0.05) is 23.8 Å². The van der Waals surface area contributed by atoms with Crippen molar-refractivity contribution in [1.29, 1.82) is 0 Å². The number of aryl methyl sites for hydroxylation is 2. The number of aromatic nitrogens is 4. The number of hydrogen-bond donors (Lipinski definition) is 0. The smallest absolute Gasteiger partial charge is 0.336 e. The molecule has 0 unspecified atom stereocenters. The molecule has 31 heavy (non-hydrogen) atoms. The van der Waals surface area contributed by atoms with Crippen LogP contribution in [0.25, 0.3) is 27.6 Å². The topological polar surface area (TPSA) is 82.4 Å². The fourth-order valence-electron chi connectivity index (χ4n) is 3.85. The minimum Gasteiger partial charge on any atom is -0.423 e. The molecule has 0 aliphatic carbocycles. The highest BCUT2D eigenvalue weighted by Gasteiger charge is 2.17. The zero-order valence-corrected chi connectivity index (χ0v) is 18.0. The van der Waals surface area contributed by atoms with Crippen LogP contribution in [0.1, 0.15) is 24.5 Å². The number of nitrogens with zero attached hydrogens (tertiary/aromatic N) is 4. The Morgan fingerprint density at radius 1 is 1.03 bits per heavy atom. The van der Waals surface area contributed by atoms with Crippen LogP contribution >= 0.6 is 11.8 Å². The maximum atomic E-state index is 13.0. The average Bonchev–Trinajstić information content (AvgIpc) is 3.18. The van der Waals surface area contributed by atoms with E-state index in [-0.39, 0.29) is 11.2 Å². The number of thioether (sulfide) groups is 1. The van der Waals surface area contributed by atoms with E-state index in [2.05, 4.69) is 10.2 Å². The monoisotopic (exact) mass is 432 g/mol.